The first-order valence-electron chi connectivity index (χ1n) is 7.12. The second-order valence-corrected chi connectivity index (χ2v) is 5.01. The van der Waals surface area contributed by atoms with Gasteiger partial charge in [-0.2, -0.15) is 0 Å². The van der Waals surface area contributed by atoms with Crippen LogP contribution in [0.1, 0.15) is 29.9 Å². The van der Waals surface area contributed by atoms with Gasteiger partial charge < -0.3 is 9.84 Å². The lowest BCUT2D eigenvalue weighted by Crippen LogP contribution is -2.03. The SMILES string of the molecule is COc1ccc(CCC(CCO)c2ccccc2)cc1. The first kappa shape index (κ1) is 14.6. The lowest BCUT2D eigenvalue weighted by Gasteiger charge is -2.16. The van der Waals surface area contributed by atoms with Crippen molar-refractivity contribution < 1.29 is 9.84 Å². The van der Waals surface area contributed by atoms with Gasteiger partial charge in [-0.25, -0.2) is 0 Å². The standard InChI is InChI=1S/C18H22O2/c1-20-18-11-8-15(9-12-18)7-10-17(13-14-19)16-5-3-2-4-6-16/h2-6,8-9,11-12,17,19H,7,10,13-14H2,1H3. The number of ether oxygens (including phenoxy) is 1. The summed E-state index contributed by atoms with van der Waals surface area (Å²) in [6, 6.07) is 18.7. The average Bonchev–Trinajstić information content (AvgIpc) is 2.53. The van der Waals surface area contributed by atoms with Crippen molar-refractivity contribution in [2.75, 3.05) is 13.7 Å². The van der Waals surface area contributed by atoms with Gasteiger partial charge in [0.15, 0.2) is 0 Å². The highest BCUT2D eigenvalue weighted by molar-refractivity contribution is 5.27. The predicted molar refractivity (Wildman–Crippen MR) is 82.2 cm³/mol. The van der Waals surface area contributed by atoms with Crippen LogP contribution in [0, 0.1) is 0 Å². The van der Waals surface area contributed by atoms with Crippen molar-refractivity contribution in [3.8, 4) is 5.75 Å². The third-order valence-electron chi connectivity index (χ3n) is 3.69. The van der Waals surface area contributed by atoms with Crippen molar-refractivity contribution in [3.05, 3.63) is 65.7 Å². The summed E-state index contributed by atoms with van der Waals surface area (Å²) in [6.45, 7) is 0.238. The Labute approximate surface area is 121 Å². The zero-order chi connectivity index (χ0) is 14.2. The van der Waals surface area contributed by atoms with Crippen LogP contribution < -0.4 is 4.74 Å². The van der Waals surface area contributed by atoms with Crippen LogP contribution in [0.25, 0.3) is 0 Å². The summed E-state index contributed by atoms with van der Waals surface area (Å²) in [5, 5.41) is 9.25. The van der Waals surface area contributed by atoms with E-state index in [1.807, 2.05) is 18.2 Å². The molecule has 0 heterocycles. The van der Waals surface area contributed by atoms with Gasteiger partial charge in [0.05, 0.1) is 7.11 Å². The molecule has 0 aliphatic rings. The minimum Gasteiger partial charge on any atom is -0.497 e. The molecule has 0 fully saturated rings. The molecule has 1 unspecified atom stereocenters. The number of rotatable bonds is 7. The van der Waals surface area contributed by atoms with E-state index in [1.165, 1.54) is 11.1 Å². The molecule has 2 nitrogen and oxygen atoms in total. The van der Waals surface area contributed by atoms with Gasteiger partial charge in [0.1, 0.15) is 5.75 Å². The Morgan fingerprint density at radius 3 is 2.25 bits per heavy atom. The van der Waals surface area contributed by atoms with Gasteiger partial charge in [0, 0.05) is 6.61 Å². The number of hydrogen-bond acceptors (Lipinski definition) is 2. The number of methoxy groups -OCH3 is 1. The van der Waals surface area contributed by atoms with Crippen molar-refractivity contribution in [3.63, 3.8) is 0 Å². The predicted octanol–water partition coefficient (Wildman–Crippen LogP) is 3.79. The fourth-order valence-electron chi connectivity index (χ4n) is 2.49. The second-order valence-electron chi connectivity index (χ2n) is 5.01. The Balaban J connectivity index is 1.98. The van der Waals surface area contributed by atoms with Gasteiger partial charge >= 0.3 is 0 Å². The molecule has 1 atom stereocenters. The van der Waals surface area contributed by atoms with Crippen LogP contribution in [0.4, 0.5) is 0 Å². The van der Waals surface area contributed by atoms with E-state index in [2.05, 4.69) is 36.4 Å². The molecule has 0 saturated heterocycles. The van der Waals surface area contributed by atoms with Crippen molar-refractivity contribution >= 4 is 0 Å². The van der Waals surface area contributed by atoms with Crippen LogP contribution in [0.2, 0.25) is 0 Å². The minimum absolute atomic E-state index is 0.238. The van der Waals surface area contributed by atoms with Crippen LogP contribution in [-0.2, 0) is 6.42 Å². The molecule has 0 aliphatic heterocycles. The van der Waals surface area contributed by atoms with E-state index in [1.54, 1.807) is 7.11 Å². The van der Waals surface area contributed by atoms with Gasteiger partial charge in [0.25, 0.3) is 0 Å². The van der Waals surface area contributed by atoms with Crippen molar-refractivity contribution in [1.29, 1.82) is 0 Å². The van der Waals surface area contributed by atoms with E-state index in [-0.39, 0.29) is 6.61 Å². The molecule has 1 N–H and O–H groups in total. The third-order valence-corrected chi connectivity index (χ3v) is 3.69. The molecule has 0 bridgehead atoms. The molecular weight excluding hydrogens is 248 g/mol. The fourth-order valence-corrected chi connectivity index (χ4v) is 2.49. The molecule has 2 aromatic carbocycles. The van der Waals surface area contributed by atoms with Crippen LogP contribution in [0.5, 0.6) is 5.75 Å². The molecule has 2 rings (SSSR count). The highest BCUT2D eigenvalue weighted by atomic mass is 16.5. The number of hydrogen-bond donors (Lipinski definition) is 1. The van der Waals surface area contributed by atoms with Crippen molar-refractivity contribution in [1.82, 2.24) is 0 Å². The molecule has 0 saturated carbocycles. The van der Waals surface area contributed by atoms with E-state index in [0.29, 0.717) is 5.92 Å². The highest BCUT2D eigenvalue weighted by Crippen LogP contribution is 2.25. The number of aliphatic hydroxyl groups excluding tert-OH is 1. The lowest BCUT2D eigenvalue weighted by molar-refractivity contribution is 0.272. The van der Waals surface area contributed by atoms with Crippen LogP contribution >= 0.6 is 0 Å². The Morgan fingerprint density at radius 1 is 0.950 bits per heavy atom. The highest BCUT2D eigenvalue weighted by Gasteiger charge is 2.10. The van der Waals surface area contributed by atoms with Gasteiger partial charge in [-0.05, 0) is 48.4 Å². The summed E-state index contributed by atoms with van der Waals surface area (Å²) in [5.41, 5.74) is 2.62. The fraction of sp³-hybridized carbons (Fsp3) is 0.333. The molecule has 0 radical (unpaired) electrons. The van der Waals surface area contributed by atoms with Gasteiger partial charge in [-0.1, -0.05) is 42.5 Å². The zero-order valence-corrected chi connectivity index (χ0v) is 12.0. The van der Waals surface area contributed by atoms with Crippen LogP contribution in [0.15, 0.2) is 54.6 Å². The molecule has 0 spiro atoms. The van der Waals surface area contributed by atoms with Gasteiger partial charge in [-0.15, -0.1) is 0 Å². The number of aryl methyl sites for hydroxylation is 1. The molecule has 20 heavy (non-hydrogen) atoms. The van der Waals surface area contributed by atoms with Gasteiger partial charge in [0.2, 0.25) is 0 Å². The first-order chi connectivity index (χ1) is 9.83. The molecule has 0 amide bonds. The summed E-state index contributed by atoms with van der Waals surface area (Å²) in [7, 11) is 1.68. The maximum absolute atomic E-state index is 9.25. The maximum Gasteiger partial charge on any atom is 0.118 e. The first-order valence-corrected chi connectivity index (χ1v) is 7.12. The Kier molecular flexibility index (Phi) is 5.63. The third kappa shape index (κ3) is 4.10. The largest absolute Gasteiger partial charge is 0.497 e. The molecule has 0 aromatic heterocycles. The molecule has 2 aromatic rings. The normalized spacial score (nSPS) is 12.1. The average molecular weight is 270 g/mol. The van der Waals surface area contributed by atoms with E-state index >= 15 is 0 Å². The summed E-state index contributed by atoms with van der Waals surface area (Å²) in [5.74, 6) is 1.31. The Hall–Kier alpha value is -1.80. The van der Waals surface area contributed by atoms with E-state index < -0.39 is 0 Å². The van der Waals surface area contributed by atoms with E-state index in [0.717, 1.165) is 25.0 Å². The molecule has 106 valence electrons. The zero-order valence-electron chi connectivity index (χ0n) is 12.0. The minimum atomic E-state index is 0.238. The monoisotopic (exact) mass is 270 g/mol. The van der Waals surface area contributed by atoms with Crippen molar-refractivity contribution in [2.24, 2.45) is 0 Å². The molecular formula is C18H22O2. The summed E-state index contributed by atoms with van der Waals surface area (Å²) in [6.07, 6.45) is 2.89. The smallest absolute Gasteiger partial charge is 0.118 e. The second kappa shape index (κ2) is 7.71. The van der Waals surface area contributed by atoms with Crippen LogP contribution in [0.3, 0.4) is 0 Å². The quantitative estimate of drug-likeness (QED) is 0.829. The summed E-state index contributed by atoms with van der Waals surface area (Å²) in [4.78, 5) is 0. The van der Waals surface area contributed by atoms with E-state index in [9.17, 15) is 5.11 Å². The molecule has 0 aliphatic carbocycles. The lowest BCUT2D eigenvalue weighted by atomic mass is 9.90. The van der Waals surface area contributed by atoms with E-state index in [4.69, 9.17) is 4.74 Å². The molecule has 2 heteroatoms. The van der Waals surface area contributed by atoms with Crippen LogP contribution in [-0.4, -0.2) is 18.8 Å². The number of benzene rings is 2. The number of aliphatic hydroxyl groups is 1. The van der Waals surface area contributed by atoms with Crippen molar-refractivity contribution in [2.45, 2.75) is 25.2 Å². The summed E-state index contributed by atoms with van der Waals surface area (Å²) < 4.78 is 5.17. The Bertz CT molecular complexity index is 491. The maximum atomic E-state index is 9.25. The topological polar surface area (TPSA) is 29.5 Å². The van der Waals surface area contributed by atoms with Gasteiger partial charge in [-0.3, -0.25) is 0 Å². The Morgan fingerprint density at radius 2 is 1.65 bits per heavy atom. The summed E-state index contributed by atoms with van der Waals surface area (Å²) >= 11 is 0.